The van der Waals surface area contributed by atoms with Gasteiger partial charge < -0.3 is 18.6 Å². The molecule has 316 valence electrons. The Bertz CT molecular complexity index is 4140. The van der Waals surface area contributed by atoms with Crippen LogP contribution in [0, 0.1) is 0 Å². The molecule has 1 aliphatic carbocycles. The lowest BCUT2D eigenvalue weighted by Crippen LogP contribution is -2.17. The second-order valence-corrected chi connectivity index (χ2v) is 18.4. The first-order valence-electron chi connectivity index (χ1n) is 23.1. The standard InChI is InChI=1S/C63H42N2O2/c1-63(2)54-38-55(65(40-19-7-4-8-20-40)43-31-34-59-53(37-43)47-24-14-16-28-57(47)67-59)45-22-10-12-26-49(45)60(54)61-48-25-11-9-21-44(48)51-35-41(29-32-50(51)62(61)63)64(39-17-5-3-6-18-39)42-30-33-58-52(36-42)46-23-13-15-27-56(46)66-58/h3-38H,1-2H3. The van der Waals surface area contributed by atoms with Crippen molar-refractivity contribution in [1.82, 2.24) is 0 Å². The fourth-order valence-corrected chi connectivity index (χ4v) is 11.4. The van der Waals surface area contributed by atoms with E-state index in [1.165, 1.54) is 54.6 Å². The first-order chi connectivity index (χ1) is 33.0. The molecule has 0 atom stereocenters. The van der Waals surface area contributed by atoms with Crippen LogP contribution in [0.15, 0.2) is 227 Å². The molecule has 0 bridgehead atoms. The van der Waals surface area contributed by atoms with Crippen molar-refractivity contribution in [3.05, 3.63) is 230 Å². The maximum Gasteiger partial charge on any atom is 0.135 e. The number of hydrogen-bond acceptors (Lipinski definition) is 4. The van der Waals surface area contributed by atoms with Gasteiger partial charge in [0, 0.05) is 60.8 Å². The van der Waals surface area contributed by atoms with Crippen LogP contribution in [-0.2, 0) is 5.41 Å². The van der Waals surface area contributed by atoms with Crippen molar-refractivity contribution in [2.24, 2.45) is 0 Å². The summed E-state index contributed by atoms with van der Waals surface area (Å²) in [7, 11) is 0. The average molecular weight is 859 g/mol. The van der Waals surface area contributed by atoms with E-state index in [1.807, 2.05) is 18.2 Å². The van der Waals surface area contributed by atoms with Crippen LogP contribution < -0.4 is 9.80 Å². The van der Waals surface area contributed by atoms with Crippen molar-refractivity contribution in [3.8, 4) is 11.1 Å². The molecule has 2 heterocycles. The van der Waals surface area contributed by atoms with Gasteiger partial charge in [-0.25, -0.2) is 0 Å². The highest BCUT2D eigenvalue weighted by Gasteiger charge is 2.41. The van der Waals surface area contributed by atoms with Crippen LogP contribution in [0.5, 0.6) is 0 Å². The molecule has 13 aromatic rings. The zero-order valence-electron chi connectivity index (χ0n) is 37.0. The predicted molar refractivity (Wildman–Crippen MR) is 280 cm³/mol. The van der Waals surface area contributed by atoms with E-state index >= 15 is 0 Å². The predicted octanol–water partition coefficient (Wildman–Crippen LogP) is 18.2. The number of benzene rings is 11. The van der Waals surface area contributed by atoms with Crippen molar-refractivity contribution < 1.29 is 8.83 Å². The van der Waals surface area contributed by atoms with Gasteiger partial charge in [-0.3, -0.25) is 0 Å². The number of hydrogen-bond donors (Lipinski definition) is 0. The van der Waals surface area contributed by atoms with Gasteiger partial charge in [-0.05, 0) is 140 Å². The summed E-state index contributed by atoms with van der Waals surface area (Å²) >= 11 is 0. The maximum absolute atomic E-state index is 6.33. The SMILES string of the molecule is CC1(C)c2cc(N(c3ccccc3)c3ccc4oc5ccccc5c4c3)c3ccccc3c2-c2c1c1ccc(N(c3ccccc3)c3ccc4oc5ccccc5c4c3)cc1c1ccccc21. The van der Waals surface area contributed by atoms with Crippen LogP contribution in [0.25, 0.3) is 87.3 Å². The van der Waals surface area contributed by atoms with Crippen molar-refractivity contribution in [1.29, 1.82) is 0 Å². The molecule has 67 heavy (non-hydrogen) atoms. The van der Waals surface area contributed by atoms with E-state index in [2.05, 4.69) is 224 Å². The van der Waals surface area contributed by atoms with Crippen LogP contribution in [-0.4, -0.2) is 0 Å². The Labute approximate surface area is 387 Å². The van der Waals surface area contributed by atoms with Crippen molar-refractivity contribution in [2.45, 2.75) is 19.3 Å². The fourth-order valence-electron chi connectivity index (χ4n) is 11.4. The second kappa shape index (κ2) is 14.2. The fraction of sp³-hybridized carbons (Fsp3) is 0.0476. The Morgan fingerprint density at radius 2 is 0.731 bits per heavy atom. The van der Waals surface area contributed by atoms with E-state index < -0.39 is 0 Å². The Morgan fingerprint density at radius 1 is 0.299 bits per heavy atom. The number of fused-ring (bicyclic) bond motifs is 16. The Hall–Kier alpha value is -8.60. The molecule has 0 saturated carbocycles. The smallest absolute Gasteiger partial charge is 0.135 e. The van der Waals surface area contributed by atoms with Crippen LogP contribution in [0.3, 0.4) is 0 Å². The summed E-state index contributed by atoms with van der Waals surface area (Å²) in [5.41, 5.74) is 15.1. The van der Waals surface area contributed by atoms with Gasteiger partial charge in [0.1, 0.15) is 22.3 Å². The van der Waals surface area contributed by atoms with Crippen LogP contribution in [0.2, 0.25) is 0 Å². The first-order valence-corrected chi connectivity index (χ1v) is 23.1. The first kappa shape index (κ1) is 37.7. The third kappa shape index (κ3) is 5.54. The van der Waals surface area contributed by atoms with Crippen molar-refractivity contribution in [3.63, 3.8) is 0 Å². The van der Waals surface area contributed by atoms with E-state index in [-0.39, 0.29) is 5.41 Å². The Morgan fingerprint density at radius 3 is 1.33 bits per heavy atom. The summed E-state index contributed by atoms with van der Waals surface area (Å²) in [6.07, 6.45) is 0. The van der Waals surface area contributed by atoms with E-state index in [0.717, 1.165) is 78.0 Å². The minimum Gasteiger partial charge on any atom is -0.456 e. The van der Waals surface area contributed by atoms with Crippen LogP contribution >= 0.6 is 0 Å². The molecule has 0 aliphatic heterocycles. The average Bonchev–Trinajstić information content (AvgIpc) is 4.02. The molecule has 0 N–H and O–H groups in total. The Kier molecular flexibility index (Phi) is 8.00. The van der Waals surface area contributed by atoms with Gasteiger partial charge >= 0.3 is 0 Å². The van der Waals surface area contributed by atoms with Gasteiger partial charge in [0.15, 0.2) is 0 Å². The van der Waals surface area contributed by atoms with E-state index in [9.17, 15) is 0 Å². The summed E-state index contributed by atoms with van der Waals surface area (Å²) in [6.45, 7) is 4.85. The summed E-state index contributed by atoms with van der Waals surface area (Å²) in [6, 6.07) is 79.0. The molecule has 0 saturated heterocycles. The van der Waals surface area contributed by atoms with E-state index in [4.69, 9.17) is 8.83 Å². The highest BCUT2D eigenvalue weighted by atomic mass is 16.3. The normalized spacial score (nSPS) is 13.0. The zero-order chi connectivity index (χ0) is 44.4. The molecule has 0 fully saturated rings. The monoisotopic (exact) mass is 858 g/mol. The lowest BCUT2D eigenvalue weighted by atomic mass is 9.79. The van der Waals surface area contributed by atoms with Crippen molar-refractivity contribution in [2.75, 3.05) is 9.80 Å². The molecule has 4 heteroatoms. The number of rotatable bonds is 6. The third-order valence-corrected chi connectivity index (χ3v) is 14.3. The number of para-hydroxylation sites is 4. The highest BCUT2D eigenvalue weighted by molar-refractivity contribution is 6.23. The van der Waals surface area contributed by atoms with Gasteiger partial charge in [-0.15, -0.1) is 0 Å². The molecular weight excluding hydrogens is 817 g/mol. The molecule has 2 aromatic heterocycles. The summed E-state index contributed by atoms with van der Waals surface area (Å²) in [5, 5.41) is 11.9. The number of furan rings is 2. The van der Waals surface area contributed by atoms with Crippen LogP contribution in [0.4, 0.5) is 34.1 Å². The maximum atomic E-state index is 6.33. The van der Waals surface area contributed by atoms with E-state index in [0.29, 0.717) is 0 Å². The molecule has 0 radical (unpaired) electrons. The molecule has 11 aromatic carbocycles. The van der Waals surface area contributed by atoms with E-state index in [1.54, 1.807) is 0 Å². The number of anilines is 6. The summed E-state index contributed by atoms with van der Waals surface area (Å²) in [5.74, 6) is 0. The van der Waals surface area contributed by atoms with Gasteiger partial charge in [0.2, 0.25) is 0 Å². The summed E-state index contributed by atoms with van der Waals surface area (Å²) in [4.78, 5) is 4.82. The highest BCUT2D eigenvalue weighted by Crippen LogP contribution is 2.59. The molecule has 0 amide bonds. The van der Waals surface area contributed by atoms with Gasteiger partial charge in [-0.1, -0.05) is 141 Å². The lowest BCUT2D eigenvalue weighted by molar-refractivity contribution is 0.667. The van der Waals surface area contributed by atoms with Crippen molar-refractivity contribution >= 4 is 110 Å². The van der Waals surface area contributed by atoms with Gasteiger partial charge in [0.25, 0.3) is 0 Å². The summed E-state index contributed by atoms with van der Waals surface area (Å²) < 4.78 is 12.6. The largest absolute Gasteiger partial charge is 0.456 e. The van der Waals surface area contributed by atoms with Gasteiger partial charge in [-0.2, -0.15) is 0 Å². The molecule has 4 nitrogen and oxygen atoms in total. The molecule has 1 aliphatic rings. The third-order valence-electron chi connectivity index (χ3n) is 14.3. The lowest BCUT2D eigenvalue weighted by Gasteiger charge is -2.30. The quantitative estimate of drug-likeness (QED) is 0.156. The zero-order valence-corrected chi connectivity index (χ0v) is 37.0. The second-order valence-electron chi connectivity index (χ2n) is 18.4. The number of nitrogens with zero attached hydrogens (tertiary/aromatic N) is 2. The van der Waals surface area contributed by atoms with Crippen LogP contribution in [0.1, 0.15) is 25.0 Å². The minimum absolute atomic E-state index is 0.354. The molecule has 0 unspecified atom stereocenters. The van der Waals surface area contributed by atoms with Gasteiger partial charge in [0.05, 0.1) is 5.69 Å². The molecular formula is C63H42N2O2. The topological polar surface area (TPSA) is 32.8 Å². The molecule has 0 spiro atoms. The minimum atomic E-state index is -0.354. The Balaban J connectivity index is 1.000. The molecule has 14 rings (SSSR count).